The minimum Gasteiger partial charge on any atom is -0.391 e. The molecule has 2 nitrogen and oxygen atoms in total. The summed E-state index contributed by atoms with van der Waals surface area (Å²) in [5, 5.41) is 17.4. The van der Waals surface area contributed by atoms with Gasteiger partial charge >= 0.3 is 0 Å². The van der Waals surface area contributed by atoms with Crippen LogP contribution in [0, 0.1) is 0 Å². The van der Waals surface area contributed by atoms with Crippen molar-refractivity contribution in [1.29, 1.82) is 0 Å². The molecule has 0 aliphatic heterocycles. The van der Waals surface area contributed by atoms with E-state index in [9.17, 15) is 0 Å². The van der Waals surface area contributed by atoms with Gasteiger partial charge in [-0.25, -0.2) is 0 Å². The monoisotopic (exact) mass is 176 g/mol. The summed E-state index contributed by atoms with van der Waals surface area (Å²) in [7, 11) is 0. The number of aliphatic hydroxyl groups excluding tert-OH is 2. The lowest BCUT2D eigenvalue weighted by atomic mass is 10.2. The molecule has 0 atom stereocenters. The van der Waals surface area contributed by atoms with E-state index >= 15 is 0 Å². The minimum atomic E-state index is -0.153. The zero-order valence-electron chi connectivity index (χ0n) is 7.27. The largest absolute Gasteiger partial charge is 0.391 e. The summed E-state index contributed by atoms with van der Waals surface area (Å²) in [6.45, 7) is -0.306. The van der Waals surface area contributed by atoms with E-state index in [1.165, 1.54) is 0 Å². The van der Waals surface area contributed by atoms with E-state index in [2.05, 4.69) is 5.73 Å². The van der Waals surface area contributed by atoms with Crippen molar-refractivity contribution in [3.63, 3.8) is 0 Å². The fraction of sp³-hybridized carbons (Fsp3) is 0.182. The second-order valence-electron chi connectivity index (χ2n) is 2.62. The van der Waals surface area contributed by atoms with E-state index in [0.29, 0.717) is 5.57 Å². The van der Waals surface area contributed by atoms with Crippen LogP contribution in [0.5, 0.6) is 0 Å². The topological polar surface area (TPSA) is 40.5 Å². The first-order chi connectivity index (χ1) is 6.36. The van der Waals surface area contributed by atoms with E-state index in [1.54, 1.807) is 6.08 Å². The zero-order chi connectivity index (χ0) is 9.52. The van der Waals surface area contributed by atoms with Gasteiger partial charge in [0.05, 0.1) is 13.2 Å². The Labute approximate surface area is 77.5 Å². The number of rotatable bonds is 3. The summed E-state index contributed by atoms with van der Waals surface area (Å²) < 4.78 is 0. The first-order valence-corrected chi connectivity index (χ1v) is 4.08. The summed E-state index contributed by atoms with van der Waals surface area (Å²) in [5.74, 6) is 0. The Bertz CT molecular complexity index is 302. The van der Waals surface area contributed by atoms with E-state index in [0.717, 1.165) is 5.56 Å². The quantitative estimate of drug-likeness (QED) is 0.679. The molecule has 1 rings (SSSR count). The van der Waals surface area contributed by atoms with Crippen LogP contribution in [0.25, 0.3) is 6.08 Å². The Morgan fingerprint density at radius 3 is 2.31 bits per heavy atom. The van der Waals surface area contributed by atoms with Crippen molar-refractivity contribution in [2.45, 2.75) is 0 Å². The fourth-order valence-electron chi connectivity index (χ4n) is 0.876. The Balaban J connectivity index is 2.83. The minimum absolute atomic E-state index is 0.153. The van der Waals surface area contributed by atoms with Crippen molar-refractivity contribution in [2.75, 3.05) is 13.2 Å². The molecule has 0 aliphatic carbocycles. The van der Waals surface area contributed by atoms with Crippen LogP contribution >= 0.6 is 0 Å². The van der Waals surface area contributed by atoms with Crippen molar-refractivity contribution in [2.24, 2.45) is 0 Å². The number of aliphatic hydroxyl groups is 2. The molecule has 0 saturated heterocycles. The van der Waals surface area contributed by atoms with Crippen LogP contribution in [0.15, 0.2) is 41.6 Å². The van der Waals surface area contributed by atoms with Gasteiger partial charge in [0.15, 0.2) is 0 Å². The average molecular weight is 176 g/mol. The SMILES string of the molecule is OCC(=C=Cc1ccccc1)CO. The molecule has 0 radical (unpaired) electrons. The van der Waals surface area contributed by atoms with Crippen LogP contribution < -0.4 is 0 Å². The number of hydrogen-bond donors (Lipinski definition) is 2. The molecule has 0 unspecified atom stereocenters. The van der Waals surface area contributed by atoms with Gasteiger partial charge in [0.25, 0.3) is 0 Å². The lowest BCUT2D eigenvalue weighted by Crippen LogP contribution is -1.93. The summed E-state index contributed by atoms with van der Waals surface area (Å²) in [6.07, 6.45) is 1.74. The molecule has 0 aliphatic rings. The molecule has 0 spiro atoms. The van der Waals surface area contributed by atoms with Gasteiger partial charge in [-0.05, 0) is 11.6 Å². The van der Waals surface area contributed by atoms with Crippen molar-refractivity contribution in [3.8, 4) is 0 Å². The van der Waals surface area contributed by atoms with Crippen molar-refractivity contribution in [1.82, 2.24) is 0 Å². The maximum atomic E-state index is 8.72. The Kier molecular flexibility index (Phi) is 4.00. The van der Waals surface area contributed by atoms with Crippen LogP contribution in [0.4, 0.5) is 0 Å². The molecule has 2 N–H and O–H groups in total. The van der Waals surface area contributed by atoms with Crippen molar-refractivity contribution in [3.05, 3.63) is 47.2 Å². The number of benzene rings is 1. The van der Waals surface area contributed by atoms with Gasteiger partial charge < -0.3 is 10.2 Å². The third kappa shape index (κ3) is 3.26. The summed E-state index contributed by atoms with van der Waals surface area (Å²) in [4.78, 5) is 0. The first kappa shape index (κ1) is 9.75. The highest BCUT2D eigenvalue weighted by Crippen LogP contribution is 2.00. The summed E-state index contributed by atoms with van der Waals surface area (Å²) in [6, 6.07) is 9.63. The standard InChI is InChI=1S/C11H12O2/c12-8-11(9-13)7-6-10-4-2-1-3-5-10/h1-6,12-13H,8-9H2. The van der Waals surface area contributed by atoms with Crippen LogP contribution in [0.1, 0.15) is 5.56 Å². The summed E-state index contributed by atoms with van der Waals surface area (Å²) >= 11 is 0. The Morgan fingerprint density at radius 2 is 1.77 bits per heavy atom. The maximum Gasteiger partial charge on any atom is 0.0738 e. The first-order valence-electron chi connectivity index (χ1n) is 4.08. The van der Waals surface area contributed by atoms with Gasteiger partial charge in [0.1, 0.15) is 0 Å². The third-order valence-corrected chi connectivity index (χ3v) is 1.62. The molecule has 13 heavy (non-hydrogen) atoms. The third-order valence-electron chi connectivity index (χ3n) is 1.62. The fourth-order valence-corrected chi connectivity index (χ4v) is 0.876. The van der Waals surface area contributed by atoms with E-state index in [-0.39, 0.29) is 13.2 Å². The average Bonchev–Trinajstić information content (AvgIpc) is 2.21. The van der Waals surface area contributed by atoms with E-state index in [1.807, 2.05) is 30.3 Å². The van der Waals surface area contributed by atoms with Gasteiger partial charge in [-0.3, -0.25) is 0 Å². The Hall–Kier alpha value is -1.34. The highest BCUT2D eigenvalue weighted by molar-refractivity contribution is 5.48. The lowest BCUT2D eigenvalue weighted by molar-refractivity contribution is 0.277. The van der Waals surface area contributed by atoms with Crippen LogP contribution in [0.2, 0.25) is 0 Å². The molecular formula is C11H12O2. The van der Waals surface area contributed by atoms with Gasteiger partial charge in [-0.15, -0.1) is 5.73 Å². The highest BCUT2D eigenvalue weighted by Gasteiger charge is 1.88. The molecular weight excluding hydrogens is 164 g/mol. The molecule has 0 fully saturated rings. The predicted molar refractivity (Wildman–Crippen MR) is 52.1 cm³/mol. The van der Waals surface area contributed by atoms with Crippen LogP contribution in [-0.4, -0.2) is 23.4 Å². The normalized spacial score (nSPS) is 9.08. The van der Waals surface area contributed by atoms with E-state index in [4.69, 9.17) is 10.2 Å². The molecule has 0 aromatic heterocycles. The lowest BCUT2D eigenvalue weighted by Gasteiger charge is -1.92. The van der Waals surface area contributed by atoms with Crippen LogP contribution in [0.3, 0.4) is 0 Å². The maximum absolute atomic E-state index is 8.72. The van der Waals surface area contributed by atoms with Crippen molar-refractivity contribution >= 4 is 6.08 Å². The molecule has 0 saturated carbocycles. The highest BCUT2D eigenvalue weighted by atomic mass is 16.3. The zero-order valence-corrected chi connectivity index (χ0v) is 7.27. The molecule has 68 valence electrons. The Morgan fingerprint density at radius 1 is 1.15 bits per heavy atom. The van der Waals surface area contributed by atoms with Crippen molar-refractivity contribution < 1.29 is 10.2 Å². The molecule has 0 heterocycles. The smallest absolute Gasteiger partial charge is 0.0738 e. The molecule has 1 aromatic rings. The molecule has 2 heteroatoms. The second kappa shape index (κ2) is 5.33. The van der Waals surface area contributed by atoms with E-state index < -0.39 is 0 Å². The molecule has 0 amide bonds. The predicted octanol–water partition coefficient (Wildman–Crippen LogP) is 1.21. The van der Waals surface area contributed by atoms with Gasteiger partial charge in [0.2, 0.25) is 0 Å². The second-order valence-corrected chi connectivity index (χ2v) is 2.62. The molecule has 1 aromatic carbocycles. The summed E-state index contributed by atoms with van der Waals surface area (Å²) in [5.41, 5.74) is 4.32. The number of hydrogen-bond acceptors (Lipinski definition) is 2. The van der Waals surface area contributed by atoms with Gasteiger partial charge in [0, 0.05) is 5.57 Å². The molecule has 0 bridgehead atoms. The van der Waals surface area contributed by atoms with Gasteiger partial charge in [-0.1, -0.05) is 30.3 Å². The van der Waals surface area contributed by atoms with Gasteiger partial charge in [-0.2, -0.15) is 0 Å². The van der Waals surface area contributed by atoms with Crippen LogP contribution in [-0.2, 0) is 0 Å².